The Morgan fingerprint density at radius 1 is 1.00 bits per heavy atom. The molecule has 0 unspecified atom stereocenters. The van der Waals surface area contributed by atoms with E-state index in [2.05, 4.69) is 90.2 Å². The van der Waals surface area contributed by atoms with Gasteiger partial charge in [0.1, 0.15) is 0 Å². The van der Waals surface area contributed by atoms with E-state index in [1.165, 1.54) is 22.3 Å². The Labute approximate surface area is 130 Å². The van der Waals surface area contributed by atoms with E-state index < -0.39 is 0 Å². The van der Waals surface area contributed by atoms with Crippen molar-refractivity contribution in [1.82, 2.24) is 0 Å². The zero-order valence-corrected chi connectivity index (χ0v) is 14.4. The number of thiol groups is 1. The molecular weight excluding hydrogens is 260 g/mol. The maximum Gasteiger partial charge on any atom is -0.0186 e. The maximum atomic E-state index is 4.15. The second-order valence-electron chi connectivity index (χ2n) is 5.54. The Kier molecular flexibility index (Phi) is 9.92. The predicted octanol–water partition coefficient (Wildman–Crippen LogP) is 6.29. The van der Waals surface area contributed by atoms with Gasteiger partial charge in [-0.2, -0.15) is 0 Å². The van der Waals surface area contributed by atoms with Gasteiger partial charge in [0.25, 0.3) is 0 Å². The van der Waals surface area contributed by atoms with E-state index in [0.29, 0.717) is 0 Å². The maximum absolute atomic E-state index is 4.15. The van der Waals surface area contributed by atoms with E-state index in [0.717, 1.165) is 17.7 Å². The first-order valence-corrected chi connectivity index (χ1v) is 7.46. The fourth-order valence-corrected chi connectivity index (χ4v) is 1.49. The summed E-state index contributed by atoms with van der Waals surface area (Å²) in [7, 11) is 0. The van der Waals surface area contributed by atoms with Crippen LogP contribution in [0.1, 0.15) is 45.2 Å². The molecule has 0 amide bonds. The summed E-state index contributed by atoms with van der Waals surface area (Å²) < 4.78 is 0. The summed E-state index contributed by atoms with van der Waals surface area (Å²) in [5, 5.41) is 0. The van der Waals surface area contributed by atoms with Crippen LogP contribution in [0, 0.1) is 6.92 Å². The molecule has 1 aromatic carbocycles. The van der Waals surface area contributed by atoms with Crippen molar-refractivity contribution in [3.63, 3.8) is 0 Å². The van der Waals surface area contributed by atoms with Crippen LogP contribution in [0.3, 0.4) is 0 Å². The van der Waals surface area contributed by atoms with Crippen LogP contribution in [0.25, 0.3) is 0 Å². The Balaban J connectivity index is 0.000000396. The van der Waals surface area contributed by atoms with Crippen molar-refractivity contribution in [3.8, 4) is 0 Å². The van der Waals surface area contributed by atoms with Crippen molar-refractivity contribution < 1.29 is 0 Å². The summed E-state index contributed by atoms with van der Waals surface area (Å²) in [6, 6.07) is 8.59. The van der Waals surface area contributed by atoms with E-state index in [9.17, 15) is 0 Å². The van der Waals surface area contributed by atoms with Gasteiger partial charge in [-0.3, -0.25) is 0 Å². The third-order valence-electron chi connectivity index (χ3n) is 2.57. The van der Waals surface area contributed by atoms with Crippen molar-refractivity contribution in [2.45, 2.75) is 47.5 Å². The van der Waals surface area contributed by atoms with Crippen LogP contribution in [0.4, 0.5) is 0 Å². The van der Waals surface area contributed by atoms with Crippen LogP contribution in [0.2, 0.25) is 0 Å². The molecule has 0 atom stereocenters. The van der Waals surface area contributed by atoms with E-state index >= 15 is 0 Å². The fourth-order valence-electron chi connectivity index (χ4n) is 1.38. The van der Waals surface area contributed by atoms with Gasteiger partial charge in [-0.05, 0) is 57.9 Å². The molecule has 0 aliphatic rings. The molecule has 20 heavy (non-hydrogen) atoms. The van der Waals surface area contributed by atoms with Crippen molar-refractivity contribution >= 4 is 12.6 Å². The summed E-state index contributed by atoms with van der Waals surface area (Å²) in [6.45, 7) is 14.2. The van der Waals surface area contributed by atoms with Gasteiger partial charge in [0.05, 0.1) is 0 Å². The zero-order valence-electron chi connectivity index (χ0n) is 13.5. The number of hydrogen-bond acceptors (Lipinski definition) is 1. The van der Waals surface area contributed by atoms with Gasteiger partial charge in [0, 0.05) is 0 Å². The Hall–Kier alpha value is -1.21. The lowest BCUT2D eigenvalue weighted by molar-refractivity contribution is 0.992. The molecule has 0 spiro atoms. The highest BCUT2D eigenvalue weighted by molar-refractivity contribution is 7.84. The van der Waals surface area contributed by atoms with Crippen molar-refractivity contribution in [2.75, 3.05) is 0 Å². The molecule has 0 saturated heterocycles. The Morgan fingerprint density at radius 3 is 1.80 bits per heavy atom. The summed E-state index contributed by atoms with van der Waals surface area (Å²) in [5.74, 6) is 0. The van der Waals surface area contributed by atoms with Gasteiger partial charge >= 0.3 is 0 Å². The van der Waals surface area contributed by atoms with Gasteiger partial charge < -0.3 is 0 Å². The average Bonchev–Trinajstić information content (AvgIpc) is 2.36. The molecule has 0 heterocycles. The second kappa shape index (κ2) is 10.6. The lowest BCUT2D eigenvalue weighted by Gasteiger charge is -2.00. The summed E-state index contributed by atoms with van der Waals surface area (Å²) in [4.78, 5) is 0.954. The first-order chi connectivity index (χ1) is 9.31. The first-order valence-electron chi connectivity index (χ1n) is 7.02. The predicted molar refractivity (Wildman–Crippen MR) is 96.5 cm³/mol. The van der Waals surface area contributed by atoms with Gasteiger partial charge in [0.2, 0.25) is 0 Å². The highest BCUT2D eigenvalue weighted by Gasteiger charge is 1.92. The molecule has 0 fully saturated rings. The van der Waals surface area contributed by atoms with Crippen LogP contribution in [0.5, 0.6) is 0 Å². The molecule has 0 bridgehead atoms. The largest absolute Gasteiger partial charge is 0.148 e. The molecular formula is C19H28S. The Morgan fingerprint density at radius 2 is 1.45 bits per heavy atom. The number of aryl methyl sites for hydroxylation is 2. The molecule has 0 radical (unpaired) electrons. The second-order valence-corrected chi connectivity index (χ2v) is 6.17. The van der Waals surface area contributed by atoms with Crippen molar-refractivity contribution in [3.05, 3.63) is 70.2 Å². The molecule has 1 heteroatoms. The molecule has 0 aliphatic carbocycles. The fraction of sp³-hybridized carbons (Fsp3) is 0.368. The van der Waals surface area contributed by atoms with Gasteiger partial charge in [-0.1, -0.05) is 59.7 Å². The third-order valence-corrected chi connectivity index (χ3v) is 2.80. The van der Waals surface area contributed by atoms with Crippen LogP contribution in [0.15, 0.2) is 59.0 Å². The number of benzene rings is 1. The minimum Gasteiger partial charge on any atom is -0.148 e. The molecule has 0 saturated carbocycles. The minimum absolute atomic E-state index is 0.954. The lowest BCUT2D eigenvalue weighted by Crippen LogP contribution is -1.84. The minimum atomic E-state index is 0.954. The first kappa shape index (κ1) is 18.8. The highest BCUT2D eigenvalue weighted by atomic mass is 32.1. The lowest BCUT2D eigenvalue weighted by atomic mass is 10.1. The highest BCUT2D eigenvalue weighted by Crippen LogP contribution is 2.10. The summed E-state index contributed by atoms with van der Waals surface area (Å²) in [5.41, 5.74) is 5.37. The van der Waals surface area contributed by atoms with Crippen LogP contribution >= 0.6 is 12.6 Å². The van der Waals surface area contributed by atoms with Crippen LogP contribution < -0.4 is 0 Å². The third kappa shape index (κ3) is 11.9. The zero-order chi connectivity index (χ0) is 15.5. The molecule has 0 nitrogen and oxygen atoms in total. The van der Waals surface area contributed by atoms with Crippen LogP contribution in [-0.4, -0.2) is 0 Å². The van der Waals surface area contributed by atoms with E-state index in [1.807, 2.05) is 0 Å². The van der Waals surface area contributed by atoms with Crippen molar-refractivity contribution in [1.29, 1.82) is 0 Å². The molecule has 0 aromatic heterocycles. The molecule has 1 rings (SSSR count). The SMILES string of the molecule is C=C(S)CCc1ccc(C)cc1.CC(C)=CC=C(C)C. The average molecular weight is 289 g/mol. The van der Waals surface area contributed by atoms with E-state index in [-0.39, 0.29) is 0 Å². The molecule has 0 aliphatic heterocycles. The van der Waals surface area contributed by atoms with Gasteiger partial charge in [-0.25, -0.2) is 0 Å². The van der Waals surface area contributed by atoms with E-state index in [1.54, 1.807) is 0 Å². The molecule has 1 aromatic rings. The van der Waals surface area contributed by atoms with E-state index in [4.69, 9.17) is 0 Å². The number of allylic oxidation sites excluding steroid dienone is 5. The number of rotatable bonds is 4. The standard InChI is InChI=1S/C11H14S.C8H14/c1-9-3-6-11(7-4-9)8-5-10(2)12;1-7(2)5-6-8(3)4/h3-4,6-7,12H,2,5,8H2,1H3;5-6H,1-4H3. The molecule has 0 N–H and O–H groups in total. The quantitative estimate of drug-likeness (QED) is 0.488. The Bertz CT molecular complexity index is 437. The van der Waals surface area contributed by atoms with Crippen LogP contribution in [-0.2, 0) is 6.42 Å². The summed E-state index contributed by atoms with van der Waals surface area (Å²) in [6.07, 6.45) is 6.25. The smallest absolute Gasteiger partial charge is 0.0186 e. The van der Waals surface area contributed by atoms with Crippen molar-refractivity contribution in [2.24, 2.45) is 0 Å². The topological polar surface area (TPSA) is 0 Å². The molecule has 110 valence electrons. The summed E-state index contributed by atoms with van der Waals surface area (Å²) >= 11 is 4.15. The number of hydrogen-bond donors (Lipinski definition) is 1. The normalized spacial score (nSPS) is 9.10. The monoisotopic (exact) mass is 288 g/mol. The van der Waals surface area contributed by atoms with Gasteiger partial charge in [-0.15, -0.1) is 12.6 Å². The van der Waals surface area contributed by atoms with Gasteiger partial charge in [0.15, 0.2) is 0 Å².